The number of hydroxylamine groups is 1. The summed E-state index contributed by atoms with van der Waals surface area (Å²) in [5.41, 5.74) is -0.971. The van der Waals surface area contributed by atoms with Crippen molar-refractivity contribution in [3.8, 4) is 12.3 Å². The van der Waals surface area contributed by atoms with Crippen LogP contribution in [0.15, 0.2) is 30.3 Å². The van der Waals surface area contributed by atoms with Crippen molar-refractivity contribution in [3.63, 3.8) is 0 Å². The van der Waals surface area contributed by atoms with Crippen molar-refractivity contribution in [1.82, 2.24) is 10.8 Å². The highest BCUT2D eigenvalue weighted by Crippen LogP contribution is 2.20. The van der Waals surface area contributed by atoms with Crippen molar-refractivity contribution in [2.75, 3.05) is 0 Å². The third kappa shape index (κ3) is 4.62. The zero-order valence-corrected chi connectivity index (χ0v) is 12.7. The molecule has 0 saturated heterocycles. The zero-order chi connectivity index (χ0) is 18.3. The van der Waals surface area contributed by atoms with E-state index in [4.69, 9.17) is 11.6 Å². The summed E-state index contributed by atoms with van der Waals surface area (Å²) in [5, 5.41) is 20.3. The van der Waals surface area contributed by atoms with Crippen LogP contribution in [0.2, 0.25) is 0 Å². The summed E-state index contributed by atoms with van der Waals surface area (Å²) in [6.07, 6.45) is 4.81. The number of alkyl halides is 2. The number of rotatable bonds is 6. The molecule has 0 aliphatic heterocycles. The van der Waals surface area contributed by atoms with Crippen molar-refractivity contribution in [2.45, 2.75) is 25.0 Å². The Labute approximate surface area is 137 Å². The Bertz CT molecular complexity index is 664. The van der Waals surface area contributed by atoms with Crippen LogP contribution in [0.25, 0.3) is 6.08 Å². The van der Waals surface area contributed by atoms with E-state index in [1.165, 1.54) is 18.2 Å². The lowest BCUT2D eigenvalue weighted by atomic mass is 9.95. The highest BCUT2D eigenvalue weighted by atomic mass is 19.3. The van der Waals surface area contributed by atoms with Crippen LogP contribution in [-0.4, -0.2) is 40.2 Å². The van der Waals surface area contributed by atoms with Crippen LogP contribution in [0.5, 0.6) is 0 Å². The number of nitrogens with one attached hydrogen (secondary N) is 2. The van der Waals surface area contributed by atoms with Crippen molar-refractivity contribution in [3.05, 3.63) is 41.5 Å². The number of amides is 2. The Morgan fingerprint density at radius 2 is 1.92 bits per heavy atom. The van der Waals surface area contributed by atoms with Crippen LogP contribution >= 0.6 is 0 Å². The third-order valence-electron chi connectivity index (χ3n) is 3.22. The van der Waals surface area contributed by atoms with E-state index in [1.54, 1.807) is 18.2 Å². The Morgan fingerprint density at radius 3 is 2.38 bits per heavy atom. The molecule has 128 valence electrons. The van der Waals surface area contributed by atoms with Gasteiger partial charge in [-0.1, -0.05) is 18.1 Å². The summed E-state index contributed by atoms with van der Waals surface area (Å²) in [6, 6.07) is 3.81. The number of terminal acetylenes is 1. The van der Waals surface area contributed by atoms with E-state index in [9.17, 15) is 23.5 Å². The molecule has 0 bridgehead atoms. The lowest BCUT2D eigenvalue weighted by Gasteiger charge is -2.30. The minimum Gasteiger partial charge on any atom is -0.381 e. The van der Waals surface area contributed by atoms with Crippen molar-refractivity contribution in [1.29, 1.82) is 0 Å². The molecule has 1 aromatic carbocycles. The van der Waals surface area contributed by atoms with Gasteiger partial charge in [0.05, 0.1) is 0 Å². The number of aliphatic hydroxyl groups is 1. The van der Waals surface area contributed by atoms with E-state index in [1.807, 2.05) is 5.32 Å². The van der Waals surface area contributed by atoms with Gasteiger partial charge >= 0.3 is 0 Å². The molecule has 2 amide bonds. The fourth-order valence-corrected chi connectivity index (χ4v) is 1.77. The van der Waals surface area contributed by atoms with Gasteiger partial charge in [0.1, 0.15) is 6.04 Å². The molecule has 0 aliphatic carbocycles. The standard InChI is InChI=1S/C16H16F2N2O4/c1-3-4-5-10-6-8-11(9-7-10)13(21)19-12(14(22)20-24)16(2,23)15(17)18/h1,4-9,12,15,23-24H,2H3,(H,19,21)(H,20,22)/b5-4+/t12?,16-/m0/s1. The molecular weight excluding hydrogens is 322 g/mol. The Kier molecular flexibility index (Phi) is 6.58. The molecule has 0 heterocycles. The van der Waals surface area contributed by atoms with Crippen LogP contribution in [0, 0.1) is 12.3 Å². The van der Waals surface area contributed by atoms with Crippen molar-refractivity contribution >= 4 is 17.9 Å². The second kappa shape index (κ2) is 8.19. The van der Waals surface area contributed by atoms with E-state index in [0.29, 0.717) is 12.5 Å². The molecule has 0 fully saturated rings. The van der Waals surface area contributed by atoms with Gasteiger partial charge in [0.2, 0.25) is 0 Å². The second-order valence-corrected chi connectivity index (χ2v) is 5.03. The van der Waals surface area contributed by atoms with E-state index >= 15 is 0 Å². The van der Waals surface area contributed by atoms with E-state index in [-0.39, 0.29) is 5.56 Å². The number of benzene rings is 1. The summed E-state index contributed by atoms with van der Waals surface area (Å²) in [7, 11) is 0. The molecule has 0 saturated carbocycles. The first-order valence-corrected chi connectivity index (χ1v) is 6.72. The number of hydrogen-bond acceptors (Lipinski definition) is 4. The minimum atomic E-state index is -3.34. The third-order valence-corrected chi connectivity index (χ3v) is 3.22. The number of carbonyl (C=O) groups excluding carboxylic acids is 2. The molecule has 0 radical (unpaired) electrons. The van der Waals surface area contributed by atoms with Gasteiger partial charge in [-0.25, -0.2) is 14.3 Å². The molecule has 1 aromatic rings. The number of carbonyl (C=O) groups is 2. The number of halogens is 2. The van der Waals surface area contributed by atoms with Gasteiger partial charge in [-0.15, -0.1) is 6.42 Å². The van der Waals surface area contributed by atoms with Gasteiger partial charge in [-0.05, 0) is 36.8 Å². The molecule has 1 rings (SSSR count). The van der Waals surface area contributed by atoms with Crippen molar-refractivity contribution < 1.29 is 28.7 Å². The average Bonchev–Trinajstić information content (AvgIpc) is 2.57. The first-order chi connectivity index (χ1) is 11.2. The summed E-state index contributed by atoms with van der Waals surface area (Å²) in [4.78, 5) is 23.6. The molecule has 24 heavy (non-hydrogen) atoms. The Hall–Kier alpha value is -2.76. The number of hydrogen-bond donors (Lipinski definition) is 4. The quantitative estimate of drug-likeness (QED) is 0.353. The fourth-order valence-electron chi connectivity index (χ4n) is 1.77. The first-order valence-electron chi connectivity index (χ1n) is 6.72. The van der Waals surface area contributed by atoms with E-state index in [0.717, 1.165) is 5.48 Å². The lowest BCUT2D eigenvalue weighted by Crippen LogP contribution is -2.61. The summed E-state index contributed by atoms with van der Waals surface area (Å²) in [5.74, 6) is 0.0483. The minimum absolute atomic E-state index is 0.0636. The van der Waals surface area contributed by atoms with E-state index < -0.39 is 29.9 Å². The maximum atomic E-state index is 12.9. The topological polar surface area (TPSA) is 98.7 Å². The van der Waals surface area contributed by atoms with Gasteiger partial charge in [-0.2, -0.15) is 0 Å². The molecule has 4 N–H and O–H groups in total. The molecule has 1 unspecified atom stereocenters. The van der Waals surface area contributed by atoms with E-state index in [2.05, 4.69) is 5.92 Å². The molecular formula is C16H16F2N2O4. The number of allylic oxidation sites excluding steroid dienone is 1. The van der Waals surface area contributed by atoms with Crippen molar-refractivity contribution in [2.24, 2.45) is 0 Å². The summed E-state index contributed by atoms with van der Waals surface area (Å²) >= 11 is 0. The van der Waals surface area contributed by atoms with Crippen LogP contribution in [0.1, 0.15) is 22.8 Å². The van der Waals surface area contributed by atoms with Gasteiger partial charge in [0.25, 0.3) is 18.2 Å². The molecule has 6 nitrogen and oxygen atoms in total. The highest BCUT2D eigenvalue weighted by Gasteiger charge is 2.46. The zero-order valence-electron chi connectivity index (χ0n) is 12.7. The predicted molar refractivity (Wildman–Crippen MR) is 82.1 cm³/mol. The maximum absolute atomic E-state index is 12.9. The average molecular weight is 338 g/mol. The molecule has 2 atom stereocenters. The van der Waals surface area contributed by atoms with Crippen LogP contribution in [-0.2, 0) is 4.79 Å². The smallest absolute Gasteiger partial charge is 0.269 e. The Balaban J connectivity index is 2.98. The fraction of sp³-hybridized carbons (Fsp3) is 0.250. The summed E-state index contributed by atoms with van der Waals surface area (Å²) < 4.78 is 25.8. The first kappa shape index (κ1) is 19.3. The van der Waals surface area contributed by atoms with Crippen LogP contribution in [0.4, 0.5) is 8.78 Å². The molecule has 0 aliphatic rings. The molecule has 0 aromatic heterocycles. The maximum Gasteiger partial charge on any atom is 0.269 e. The second-order valence-electron chi connectivity index (χ2n) is 5.03. The monoisotopic (exact) mass is 338 g/mol. The predicted octanol–water partition coefficient (Wildman–Crippen LogP) is 0.953. The normalized spacial score (nSPS) is 14.7. The van der Waals surface area contributed by atoms with Gasteiger partial charge in [0.15, 0.2) is 5.60 Å². The Morgan fingerprint density at radius 1 is 1.33 bits per heavy atom. The van der Waals surface area contributed by atoms with Crippen LogP contribution < -0.4 is 10.8 Å². The lowest BCUT2D eigenvalue weighted by molar-refractivity contribution is -0.149. The largest absolute Gasteiger partial charge is 0.381 e. The van der Waals surface area contributed by atoms with Gasteiger partial charge < -0.3 is 10.4 Å². The van der Waals surface area contributed by atoms with Gasteiger partial charge in [-0.3, -0.25) is 14.8 Å². The summed E-state index contributed by atoms with van der Waals surface area (Å²) in [6.45, 7) is 0.672. The highest BCUT2D eigenvalue weighted by molar-refractivity contribution is 5.98. The molecule has 8 heteroatoms. The van der Waals surface area contributed by atoms with Crippen LogP contribution in [0.3, 0.4) is 0 Å². The van der Waals surface area contributed by atoms with Gasteiger partial charge in [0, 0.05) is 5.56 Å². The molecule has 0 spiro atoms. The SMILES string of the molecule is C#C/C=C/c1ccc(C(=O)NC(C(=O)NO)[C@](C)(O)C(F)F)cc1.